The number of fused-ring (bicyclic) bond motifs is 3. The Morgan fingerprint density at radius 3 is 1.86 bits per heavy atom. The van der Waals surface area contributed by atoms with Gasteiger partial charge in [-0.2, -0.15) is 0 Å². The first-order valence-electron chi connectivity index (χ1n) is 16.9. The Labute approximate surface area is 291 Å². The summed E-state index contributed by atoms with van der Waals surface area (Å²) in [7, 11) is 0. The Morgan fingerprint density at radius 2 is 1.10 bits per heavy atom. The molecule has 0 amide bonds. The molecule has 0 saturated heterocycles. The lowest BCUT2D eigenvalue weighted by Gasteiger charge is -2.16. The van der Waals surface area contributed by atoms with Crippen molar-refractivity contribution in [1.29, 1.82) is 0 Å². The Kier molecular flexibility index (Phi) is 7.57. The summed E-state index contributed by atoms with van der Waals surface area (Å²) in [4.78, 5) is 5.14. The van der Waals surface area contributed by atoms with Crippen LogP contribution < -0.4 is 0 Å². The van der Waals surface area contributed by atoms with Crippen LogP contribution in [0, 0.1) is 0 Å². The second-order valence-corrected chi connectivity index (χ2v) is 13.8. The lowest BCUT2D eigenvalue weighted by atomic mass is 9.92. The third kappa shape index (κ3) is 5.71. The molecule has 9 rings (SSSR count). The van der Waals surface area contributed by atoms with Crippen molar-refractivity contribution in [1.82, 2.24) is 4.98 Å². The van der Waals surface area contributed by atoms with Crippen LogP contribution in [-0.4, -0.2) is 4.98 Å². The zero-order valence-corrected chi connectivity index (χ0v) is 27.8. The van der Waals surface area contributed by atoms with Gasteiger partial charge in [-0.3, -0.25) is 4.98 Å². The molecule has 1 unspecified atom stereocenters. The summed E-state index contributed by atoms with van der Waals surface area (Å²) in [5, 5.41) is 2.66. The van der Waals surface area contributed by atoms with Crippen molar-refractivity contribution in [2.45, 2.75) is 12.3 Å². The molecule has 0 N–H and O–H groups in total. The minimum atomic E-state index is 0.277. The van der Waals surface area contributed by atoms with Gasteiger partial charge >= 0.3 is 0 Å². The van der Waals surface area contributed by atoms with E-state index >= 15 is 0 Å². The van der Waals surface area contributed by atoms with E-state index in [2.05, 4.69) is 182 Å². The molecular weight excluding hydrogens is 611 g/mol. The fraction of sp³-hybridized carbons (Fsp3) is 0.0426. The minimum absolute atomic E-state index is 0.277. The van der Waals surface area contributed by atoms with Crippen LogP contribution in [0.5, 0.6) is 0 Å². The van der Waals surface area contributed by atoms with Gasteiger partial charge in [0.15, 0.2) is 0 Å². The summed E-state index contributed by atoms with van der Waals surface area (Å²) in [5.41, 5.74) is 13.0. The number of allylic oxidation sites excluding steroid dienone is 4. The second kappa shape index (κ2) is 12.6. The molecule has 2 heteroatoms. The third-order valence-corrected chi connectivity index (χ3v) is 10.8. The van der Waals surface area contributed by atoms with E-state index in [0.29, 0.717) is 0 Å². The maximum absolute atomic E-state index is 5.14. The van der Waals surface area contributed by atoms with E-state index in [9.17, 15) is 0 Å². The Bertz CT molecular complexity index is 2520. The molecule has 49 heavy (non-hydrogen) atoms. The van der Waals surface area contributed by atoms with Gasteiger partial charge in [0.05, 0.1) is 5.69 Å². The van der Waals surface area contributed by atoms with Crippen LogP contribution in [0.15, 0.2) is 182 Å². The number of nitrogens with zero attached hydrogens (tertiary/aromatic N) is 1. The normalized spacial score (nSPS) is 14.1. The summed E-state index contributed by atoms with van der Waals surface area (Å²) in [6.45, 7) is 0. The molecule has 1 nitrogen and oxygen atoms in total. The first-order valence-corrected chi connectivity index (χ1v) is 17.7. The molecule has 1 aliphatic carbocycles. The highest BCUT2D eigenvalue weighted by atomic mass is 32.1. The van der Waals surface area contributed by atoms with E-state index in [1.165, 1.54) is 64.7 Å². The van der Waals surface area contributed by atoms with Gasteiger partial charge in [-0.15, -0.1) is 11.3 Å². The summed E-state index contributed by atoms with van der Waals surface area (Å²) in [6, 6.07) is 57.3. The van der Waals surface area contributed by atoms with Gasteiger partial charge in [0.1, 0.15) is 0 Å². The van der Waals surface area contributed by atoms with Crippen molar-refractivity contribution in [2.75, 3.05) is 0 Å². The standard InChI is InChI=1S/C47H33NS/c1-3-12-34(13-4-1)44-30-40(31-45(48-44)35-14-5-2-6-15-35)38-18-9-16-36(28-38)32-24-26-33(27-25-32)37-17-10-19-39(29-37)41-21-11-22-43-42-20-7-8-23-46(42)49-47(41)43/h1-14,16-31,35H,15H2. The zero-order valence-electron chi connectivity index (χ0n) is 27.0. The van der Waals surface area contributed by atoms with Crippen molar-refractivity contribution in [3.8, 4) is 55.8 Å². The largest absolute Gasteiger partial charge is 0.252 e. The van der Waals surface area contributed by atoms with Crippen LogP contribution in [0.1, 0.15) is 18.0 Å². The van der Waals surface area contributed by atoms with E-state index in [0.717, 1.165) is 23.4 Å². The first kappa shape index (κ1) is 29.3. The van der Waals surface area contributed by atoms with Gasteiger partial charge in [-0.05, 0) is 81.3 Å². The average molecular weight is 644 g/mol. The molecule has 0 aliphatic heterocycles. The molecule has 0 saturated carbocycles. The molecule has 8 aromatic rings. The Balaban J connectivity index is 1.04. The average Bonchev–Trinajstić information content (AvgIpc) is 3.58. The van der Waals surface area contributed by atoms with Crippen molar-refractivity contribution < 1.29 is 0 Å². The van der Waals surface area contributed by atoms with Crippen LogP contribution in [0.3, 0.4) is 0 Å². The molecule has 6 aromatic carbocycles. The van der Waals surface area contributed by atoms with Crippen LogP contribution in [0.2, 0.25) is 0 Å². The molecule has 0 bridgehead atoms. The molecule has 2 aromatic heterocycles. The van der Waals surface area contributed by atoms with Crippen molar-refractivity contribution in [2.24, 2.45) is 0 Å². The Morgan fingerprint density at radius 1 is 0.469 bits per heavy atom. The fourth-order valence-corrected chi connectivity index (χ4v) is 8.28. The van der Waals surface area contributed by atoms with Crippen molar-refractivity contribution in [3.05, 3.63) is 188 Å². The number of benzene rings is 6. The number of thiophene rings is 1. The van der Waals surface area contributed by atoms with Crippen LogP contribution in [0.4, 0.5) is 0 Å². The molecule has 0 spiro atoms. The summed E-state index contributed by atoms with van der Waals surface area (Å²) in [6.07, 6.45) is 9.72. The van der Waals surface area contributed by atoms with E-state index in [1.54, 1.807) is 0 Å². The van der Waals surface area contributed by atoms with E-state index in [1.807, 2.05) is 11.3 Å². The number of hydrogen-bond acceptors (Lipinski definition) is 2. The number of rotatable bonds is 6. The number of aromatic nitrogens is 1. The molecule has 0 radical (unpaired) electrons. The van der Waals surface area contributed by atoms with Gasteiger partial charge in [-0.25, -0.2) is 0 Å². The number of hydrogen-bond donors (Lipinski definition) is 0. The molecule has 2 heterocycles. The van der Waals surface area contributed by atoms with Gasteiger partial charge in [0.2, 0.25) is 0 Å². The lowest BCUT2D eigenvalue weighted by Crippen LogP contribution is -2.01. The van der Waals surface area contributed by atoms with E-state index < -0.39 is 0 Å². The summed E-state index contributed by atoms with van der Waals surface area (Å²) < 4.78 is 2.68. The highest BCUT2D eigenvalue weighted by molar-refractivity contribution is 7.26. The zero-order chi connectivity index (χ0) is 32.6. The van der Waals surface area contributed by atoms with E-state index in [4.69, 9.17) is 4.98 Å². The van der Waals surface area contributed by atoms with Crippen molar-refractivity contribution in [3.63, 3.8) is 0 Å². The van der Waals surface area contributed by atoms with Gasteiger partial charge in [0, 0.05) is 37.3 Å². The van der Waals surface area contributed by atoms with Gasteiger partial charge in [-0.1, -0.05) is 152 Å². The SMILES string of the molecule is C1=CCC(c2cc(-c3cccc(-c4ccc(-c5cccc(-c6cccc7c6sc6ccccc67)c5)cc4)c3)cc(-c3ccccc3)n2)C=C1. The molecule has 1 atom stereocenters. The maximum atomic E-state index is 5.14. The second-order valence-electron chi connectivity index (χ2n) is 12.7. The fourth-order valence-electron chi connectivity index (χ4n) is 7.04. The monoisotopic (exact) mass is 643 g/mol. The Hall–Kier alpha value is -5.83. The predicted molar refractivity (Wildman–Crippen MR) is 210 cm³/mol. The number of pyridine rings is 1. The van der Waals surface area contributed by atoms with Gasteiger partial charge < -0.3 is 0 Å². The summed E-state index contributed by atoms with van der Waals surface area (Å²) in [5.74, 6) is 0.277. The lowest BCUT2D eigenvalue weighted by molar-refractivity contribution is 0.818. The quantitative estimate of drug-likeness (QED) is 0.176. The highest BCUT2D eigenvalue weighted by Crippen LogP contribution is 2.41. The molecule has 1 aliphatic rings. The predicted octanol–water partition coefficient (Wildman–Crippen LogP) is 13.4. The highest BCUT2D eigenvalue weighted by Gasteiger charge is 2.15. The van der Waals surface area contributed by atoms with Gasteiger partial charge in [0.25, 0.3) is 0 Å². The molecule has 0 fully saturated rings. The minimum Gasteiger partial charge on any atom is -0.252 e. The first-order chi connectivity index (χ1) is 24.3. The third-order valence-electron chi connectivity index (χ3n) is 9.60. The summed E-state index contributed by atoms with van der Waals surface area (Å²) >= 11 is 1.88. The topological polar surface area (TPSA) is 12.9 Å². The van der Waals surface area contributed by atoms with Crippen molar-refractivity contribution >= 4 is 31.5 Å². The van der Waals surface area contributed by atoms with Crippen LogP contribution in [0.25, 0.3) is 75.9 Å². The van der Waals surface area contributed by atoms with E-state index in [-0.39, 0.29) is 5.92 Å². The maximum Gasteiger partial charge on any atom is 0.0711 e. The molecule has 232 valence electrons. The molecular formula is C47H33NS. The smallest absolute Gasteiger partial charge is 0.0711 e. The van der Waals surface area contributed by atoms with Crippen LogP contribution >= 0.6 is 11.3 Å². The van der Waals surface area contributed by atoms with Crippen LogP contribution in [-0.2, 0) is 0 Å².